The van der Waals surface area contributed by atoms with E-state index >= 15 is 0 Å². The number of carbonyl (C=O) groups is 1. The number of carbonyl (C=O) groups excluding carboxylic acids is 1. The molecule has 0 aliphatic carbocycles. The molecule has 1 aliphatic heterocycles. The first-order valence-corrected chi connectivity index (χ1v) is 4.67. The molecule has 80 valence electrons. The van der Waals surface area contributed by atoms with Crippen molar-refractivity contribution in [1.82, 2.24) is 10.6 Å². The molecule has 0 aromatic heterocycles. The normalized spacial score (nSPS) is 24.9. The maximum Gasteiger partial charge on any atom is 0.224 e. The van der Waals surface area contributed by atoms with Gasteiger partial charge in [0.2, 0.25) is 5.91 Å². The quantitative estimate of drug-likeness (QED) is 0.530. The molecule has 0 bridgehead atoms. The number of halogens is 1. The Bertz CT molecular complexity index is 225. The first-order chi connectivity index (χ1) is 6.25. The average Bonchev–Trinajstić information content (AvgIpc) is 2.52. The van der Waals surface area contributed by atoms with Crippen LogP contribution in [-0.4, -0.2) is 25.5 Å². The van der Waals surface area contributed by atoms with Crippen molar-refractivity contribution >= 4 is 18.3 Å². The maximum atomic E-state index is 11.5. The summed E-state index contributed by atoms with van der Waals surface area (Å²) in [5.74, 6) is 3.19. The van der Waals surface area contributed by atoms with E-state index in [4.69, 9.17) is 6.42 Å². The molecule has 0 radical (unpaired) electrons. The summed E-state index contributed by atoms with van der Waals surface area (Å²) in [4.78, 5) is 11.5. The molecule has 0 unspecified atom stereocenters. The van der Waals surface area contributed by atoms with Gasteiger partial charge in [-0.25, -0.2) is 0 Å². The van der Waals surface area contributed by atoms with Crippen molar-refractivity contribution < 1.29 is 4.79 Å². The number of amides is 1. The molecule has 1 heterocycles. The second-order valence-corrected chi connectivity index (χ2v) is 3.49. The molecule has 0 spiro atoms. The highest BCUT2D eigenvalue weighted by Gasteiger charge is 2.28. The molecule has 3 nitrogen and oxygen atoms in total. The maximum absolute atomic E-state index is 11.5. The van der Waals surface area contributed by atoms with E-state index in [-0.39, 0.29) is 24.2 Å². The first-order valence-electron chi connectivity index (χ1n) is 4.67. The van der Waals surface area contributed by atoms with E-state index in [0.29, 0.717) is 18.9 Å². The molecule has 0 aromatic carbocycles. The van der Waals surface area contributed by atoms with Gasteiger partial charge in [0.25, 0.3) is 0 Å². The summed E-state index contributed by atoms with van der Waals surface area (Å²) in [6.45, 7) is 4.42. The van der Waals surface area contributed by atoms with E-state index < -0.39 is 0 Å². The molecule has 1 fully saturated rings. The molecule has 2 atom stereocenters. The van der Waals surface area contributed by atoms with Gasteiger partial charge in [0.1, 0.15) is 0 Å². The van der Waals surface area contributed by atoms with Gasteiger partial charge in [-0.3, -0.25) is 4.79 Å². The lowest BCUT2D eigenvalue weighted by Crippen LogP contribution is -2.34. The summed E-state index contributed by atoms with van der Waals surface area (Å²) in [5, 5.41) is 6.03. The minimum Gasteiger partial charge on any atom is -0.355 e. The lowest BCUT2D eigenvalue weighted by atomic mass is 9.97. The topological polar surface area (TPSA) is 41.1 Å². The fourth-order valence-corrected chi connectivity index (χ4v) is 1.55. The molecule has 1 saturated heterocycles. The van der Waals surface area contributed by atoms with Gasteiger partial charge in [0.05, 0.1) is 5.92 Å². The summed E-state index contributed by atoms with van der Waals surface area (Å²) in [7, 11) is 0. The summed E-state index contributed by atoms with van der Waals surface area (Å²) in [6.07, 6.45) is 5.69. The molecule has 0 saturated carbocycles. The van der Waals surface area contributed by atoms with Crippen LogP contribution < -0.4 is 10.6 Å². The number of terminal acetylenes is 1. The van der Waals surface area contributed by atoms with Crippen molar-refractivity contribution in [1.29, 1.82) is 0 Å². The number of hydrogen-bond acceptors (Lipinski definition) is 2. The van der Waals surface area contributed by atoms with Gasteiger partial charge in [-0.1, -0.05) is 6.92 Å². The highest BCUT2D eigenvalue weighted by molar-refractivity contribution is 5.85. The van der Waals surface area contributed by atoms with E-state index in [1.165, 1.54) is 0 Å². The number of rotatable bonds is 3. The van der Waals surface area contributed by atoms with Gasteiger partial charge in [-0.05, 0) is 12.5 Å². The third-order valence-corrected chi connectivity index (χ3v) is 2.42. The second-order valence-electron chi connectivity index (χ2n) is 3.49. The monoisotopic (exact) mass is 216 g/mol. The summed E-state index contributed by atoms with van der Waals surface area (Å²) in [5.41, 5.74) is 0. The molecule has 1 amide bonds. The highest BCUT2D eigenvalue weighted by atomic mass is 35.5. The lowest BCUT2D eigenvalue weighted by Gasteiger charge is -2.13. The van der Waals surface area contributed by atoms with Gasteiger partial charge < -0.3 is 10.6 Å². The van der Waals surface area contributed by atoms with Crippen LogP contribution >= 0.6 is 12.4 Å². The molecule has 1 rings (SSSR count). The van der Waals surface area contributed by atoms with E-state index in [1.54, 1.807) is 0 Å². The van der Waals surface area contributed by atoms with Crippen LogP contribution in [0.3, 0.4) is 0 Å². The van der Waals surface area contributed by atoms with Crippen LogP contribution in [0.15, 0.2) is 0 Å². The Kier molecular flexibility index (Phi) is 6.35. The van der Waals surface area contributed by atoms with E-state index in [0.717, 1.165) is 13.1 Å². The van der Waals surface area contributed by atoms with Crippen molar-refractivity contribution in [3.63, 3.8) is 0 Å². The first kappa shape index (κ1) is 13.3. The molecule has 0 aromatic rings. The van der Waals surface area contributed by atoms with Crippen molar-refractivity contribution in [2.45, 2.75) is 13.3 Å². The van der Waals surface area contributed by atoms with Gasteiger partial charge in [0, 0.05) is 19.5 Å². The van der Waals surface area contributed by atoms with Crippen molar-refractivity contribution in [2.24, 2.45) is 11.8 Å². The smallest absolute Gasteiger partial charge is 0.224 e. The third-order valence-electron chi connectivity index (χ3n) is 2.42. The van der Waals surface area contributed by atoms with Crippen LogP contribution in [-0.2, 0) is 4.79 Å². The lowest BCUT2D eigenvalue weighted by molar-refractivity contribution is -0.125. The van der Waals surface area contributed by atoms with Crippen LogP contribution in [0.1, 0.15) is 13.3 Å². The zero-order chi connectivity index (χ0) is 9.68. The van der Waals surface area contributed by atoms with Crippen molar-refractivity contribution in [3.8, 4) is 12.3 Å². The Balaban J connectivity index is 0.00000169. The van der Waals surface area contributed by atoms with E-state index in [2.05, 4.69) is 23.5 Å². The van der Waals surface area contributed by atoms with Gasteiger partial charge in [-0.15, -0.1) is 24.8 Å². The van der Waals surface area contributed by atoms with Gasteiger partial charge >= 0.3 is 0 Å². The van der Waals surface area contributed by atoms with Crippen LogP contribution in [0.25, 0.3) is 0 Å². The minimum atomic E-state index is 0. The zero-order valence-electron chi connectivity index (χ0n) is 8.38. The second kappa shape index (κ2) is 6.69. The molecule has 1 aliphatic rings. The predicted molar refractivity (Wildman–Crippen MR) is 59.2 cm³/mol. The van der Waals surface area contributed by atoms with E-state index in [9.17, 15) is 4.79 Å². The van der Waals surface area contributed by atoms with Gasteiger partial charge in [0.15, 0.2) is 0 Å². The number of hydrogen-bond donors (Lipinski definition) is 2. The third kappa shape index (κ3) is 3.57. The van der Waals surface area contributed by atoms with Crippen LogP contribution in [0.5, 0.6) is 0 Å². The van der Waals surface area contributed by atoms with Crippen LogP contribution in [0, 0.1) is 24.2 Å². The predicted octanol–water partition coefficient (Wildman–Crippen LogP) is 0.403. The van der Waals surface area contributed by atoms with E-state index in [1.807, 2.05) is 0 Å². The molecular formula is C10H17ClN2O. The highest BCUT2D eigenvalue weighted by Crippen LogP contribution is 2.15. The fourth-order valence-electron chi connectivity index (χ4n) is 1.55. The minimum absolute atomic E-state index is 0. The molecule has 4 heteroatoms. The van der Waals surface area contributed by atoms with Crippen LogP contribution in [0.4, 0.5) is 0 Å². The Morgan fingerprint density at radius 2 is 2.36 bits per heavy atom. The Labute approximate surface area is 91.4 Å². The Morgan fingerprint density at radius 1 is 1.64 bits per heavy atom. The van der Waals surface area contributed by atoms with Crippen molar-refractivity contribution in [2.75, 3.05) is 19.6 Å². The molecule has 14 heavy (non-hydrogen) atoms. The average molecular weight is 217 g/mol. The van der Waals surface area contributed by atoms with Gasteiger partial charge in [-0.2, -0.15) is 0 Å². The SMILES string of the molecule is C#CCCNC(=O)[C@@H]1CNC[C@H]1C.Cl. The Morgan fingerprint density at radius 3 is 2.86 bits per heavy atom. The standard InChI is InChI=1S/C10H16N2O.ClH/c1-3-4-5-12-10(13)9-7-11-6-8(9)2;/h1,8-9,11H,4-7H2,2H3,(H,12,13);1H/t8-,9-;/m1./s1. The molecule has 2 N–H and O–H groups in total. The van der Waals surface area contributed by atoms with Crippen LogP contribution in [0.2, 0.25) is 0 Å². The molecular weight excluding hydrogens is 200 g/mol. The summed E-state index contributed by atoms with van der Waals surface area (Å²) < 4.78 is 0. The zero-order valence-corrected chi connectivity index (χ0v) is 9.19. The summed E-state index contributed by atoms with van der Waals surface area (Å²) in [6, 6.07) is 0. The summed E-state index contributed by atoms with van der Waals surface area (Å²) >= 11 is 0. The van der Waals surface area contributed by atoms with Crippen molar-refractivity contribution in [3.05, 3.63) is 0 Å². The fraction of sp³-hybridized carbons (Fsp3) is 0.700. The largest absolute Gasteiger partial charge is 0.355 e. The Hall–Kier alpha value is -0.720. The number of nitrogens with one attached hydrogen (secondary N) is 2.